The molecule has 1 N–H and O–H groups in total. The Labute approximate surface area is 183 Å². The van der Waals surface area contributed by atoms with E-state index in [0.29, 0.717) is 12.3 Å². The number of nitrogens with one attached hydrogen (secondary N) is 1. The van der Waals surface area contributed by atoms with E-state index in [1.807, 2.05) is 36.4 Å². The van der Waals surface area contributed by atoms with Crippen molar-refractivity contribution in [2.45, 2.75) is 56.4 Å². The van der Waals surface area contributed by atoms with Crippen molar-refractivity contribution in [2.75, 3.05) is 6.26 Å². The molecule has 0 radical (unpaired) electrons. The van der Waals surface area contributed by atoms with E-state index in [-0.39, 0.29) is 11.9 Å². The average molecular weight is 419 g/mol. The molecule has 1 saturated carbocycles. The lowest BCUT2D eigenvalue weighted by molar-refractivity contribution is -0.121. The first kappa shape index (κ1) is 20.9. The molecule has 1 fully saturated rings. The minimum Gasteiger partial charge on any atom is -0.353 e. The number of rotatable bonds is 6. The maximum absolute atomic E-state index is 13.1. The standard InChI is InChI=1S/C26H30N2OS/c1-18(19-11-5-3-6-12-19)27-24(29)17-22-21-15-9-10-16-23(21)28-25(26(22)30-2)20-13-7-4-8-14-20/h4,7-10,13-16,18-19H,3,5-6,11-12,17H2,1-2H3,(H,27,29). The second kappa shape index (κ2) is 9.65. The van der Waals surface area contributed by atoms with Crippen LogP contribution >= 0.6 is 11.8 Å². The third kappa shape index (κ3) is 4.54. The van der Waals surface area contributed by atoms with E-state index in [9.17, 15) is 4.79 Å². The summed E-state index contributed by atoms with van der Waals surface area (Å²) in [5, 5.41) is 4.38. The van der Waals surface area contributed by atoms with Gasteiger partial charge in [0.25, 0.3) is 0 Å². The summed E-state index contributed by atoms with van der Waals surface area (Å²) < 4.78 is 0. The van der Waals surface area contributed by atoms with Gasteiger partial charge in [-0.1, -0.05) is 67.8 Å². The van der Waals surface area contributed by atoms with Crippen LogP contribution in [-0.2, 0) is 11.2 Å². The van der Waals surface area contributed by atoms with Crippen molar-refractivity contribution in [1.29, 1.82) is 0 Å². The van der Waals surface area contributed by atoms with Gasteiger partial charge in [-0.25, -0.2) is 4.98 Å². The Morgan fingerprint density at radius 3 is 2.50 bits per heavy atom. The van der Waals surface area contributed by atoms with Crippen LogP contribution in [0.25, 0.3) is 22.2 Å². The van der Waals surface area contributed by atoms with E-state index in [0.717, 1.165) is 32.6 Å². The van der Waals surface area contributed by atoms with Crippen LogP contribution in [0.15, 0.2) is 59.5 Å². The minimum atomic E-state index is 0.110. The molecule has 0 spiro atoms. The predicted octanol–water partition coefficient (Wildman–Crippen LogP) is 6.25. The van der Waals surface area contributed by atoms with Crippen LogP contribution in [-0.4, -0.2) is 23.2 Å². The molecule has 1 amide bonds. The Balaban J connectivity index is 1.67. The number of aromatic nitrogens is 1. The first-order valence-corrected chi connectivity index (χ1v) is 12.2. The van der Waals surface area contributed by atoms with Crippen molar-refractivity contribution >= 4 is 28.6 Å². The van der Waals surface area contributed by atoms with Gasteiger partial charge in [-0.3, -0.25) is 4.79 Å². The molecule has 2 aromatic carbocycles. The summed E-state index contributed by atoms with van der Waals surface area (Å²) in [6, 6.07) is 18.7. The minimum absolute atomic E-state index is 0.110. The zero-order valence-corrected chi connectivity index (χ0v) is 18.7. The molecule has 3 aromatic rings. The van der Waals surface area contributed by atoms with Crippen LogP contribution in [0.5, 0.6) is 0 Å². The van der Waals surface area contributed by atoms with Crippen molar-refractivity contribution in [2.24, 2.45) is 5.92 Å². The highest BCUT2D eigenvalue weighted by Crippen LogP contribution is 2.36. The van der Waals surface area contributed by atoms with Gasteiger partial charge in [-0.2, -0.15) is 0 Å². The molecule has 1 aromatic heterocycles. The molecule has 30 heavy (non-hydrogen) atoms. The molecule has 1 aliphatic rings. The lowest BCUT2D eigenvalue weighted by Gasteiger charge is -2.28. The number of amides is 1. The largest absolute Gasteiger partial charge is 0.353 e. The number of hydrogen-bond acceptors (Lipinski definition) is 3. The molecule has 0 saturated heterocycles. The SMILES string of the molecule is CSc1c(-c2ccccc2)nc2ccccc2c1CC(=O)NC(C)C1CCCCC1. The van der Waals surface area contributed by atoms with E-state index in [4.69, 9.17) is 4.98 Å². The van der Waals surface area contributed by atoms with Gasteiger partial charge in [0, 0.05) is 21.9 Å². The van der Waals surface area contributed by atoms with Crippen LogP contribution in [0.4, 0.5) is 0 Å². The Hall–Kier alpha value is -2.33. The van der Waals surface area contributed by atoms with E-state index < -0.39 is 0 Å². The average Bonchev–Trinajstić information content (AvgIpc) is 2.80. The smallest absolute Gasteiger partial charge is 0.224 e. The topological polar surface area (TPSA) is 42.0 Å². The maximum Gasteiger partial charge on any atom is 0.224 e. The van der Waals surface area contributed by atoms with Crippen molar-refractivity contribution in [1.82, 2.24) is 10.3 Å². The number of para-hydroxylation sites is 1. The van der Waals surface area contributed by atoms with Crippen LogP contribution in [0.2, 0.25) is 0 Å². The zero-order chi connectivity index (χ0) is 20.9. The third-order valence-corrected chi connectivity index (χ3v) is 7.13. The third-order valence-electron chi connectivity index (χ3n) is 6.28. The second-order valence-electron chi connectivity index (χ2n) is 8.29. The highest BCUT2D eigenvalue weighted by molar-refractivity contribution is 7.98. The molecule has 0 aliphatic heterocycles. The molecular formula is C26H30N2OS. The van der Waals surface area contributed by atoms with E-state index >= 15 is 0 Å². The number of carbonyl (C=O) groups excluding carboxylic acids is 1. The van der Waals surface area contributed by atoms with Gasteiger partial charge >= 0.3 is 0 Å². The monoisotopic (exact) mass is 418 g/mol. The highest BCUT2D eigenvalue weighted by Gasteiger charge is 2.23. The quantitative estimate of drug-likeness (QED) is 0.481. The zero-order valence-electron chi connectivity index (χ0n) is 17.9. The number of thioether (sulfide) groups is 1. The van der Waals surface area contributed by atoms with Gasteiger partial charge in [0.1, 0.15) is 0 Å². The summed E-state index contributed by atoms with van der Waals surface area (Å²) in [7, 11) is 0. The van der Waals surface area contributed by atoms with Gasteiger partial charge in [0.05, 0.1) is 17.6 Å². The second-order valence-corrected chi connectivity index (χ2v) is 9.10. The normalized spacial score (nSPS) is 15.8. The van der Waals surface area contributed by atoms with Gasteiger partial charge in [0.2, 0.25) is 5.91 Å². The Morgan fingerprint density at radius 1 is 1.07 bits per heavy atom. The molecule has 1 unspecified atom stereocenters. The van der Waals surface area contributed by atoms with Crippen LogP contribution in [0.1, 0.15) is 44.6 Å². The molecule has 1 heterocycles. The fourth-order valence-corrected chi connectivity index (χ4v) is 5.45. The van der Waals surface area contributed by atoms with E-state index in [2.05, 4.69) is 36.7 Å². The van der Waals surface area contributed by atoms with Gasteiger partial charge in [-0.15, -0.1) is 11.8 Å². The van der Waals surface area contributed by atoms with Gasteiger partial charge in [-0.05, 0) is 43.6 Å². The number of benzene rings is 2. The molecule has 156 valence electrons. The fraction of sp³-hybridized carbons (Fsp3) is 0.385. The van der Waals surface area contributed by atoms with E-state index in [1.165, 1.54) is 32.1 Å². The van der Waals surface area contributed by atoms with Crippen LogP contribution in [0, 0.1) is 5.92 Å². The molecular weight excluding hydrogens is 388 g/mol. The number of fused-ring (bicyclic) bond motifs is 1. The Kier molecular flexibility index (Phi) is 6.73. The van der Waals surface area contributed by atoms with Crippen molar-refractivity contribution in [3.05, 3.63) is 60.2 Å². The predicted molar refractivity (Wildman–Crippen MR) is 127 cm³/mol. The van der Waals surface area contributed by atoms with Crippen LogP contribution in [0.3, 0.4) is 0 Å². The molecule has 4 heteroatoms. The maximum atomic E-state index is 13.1. The molecule has 1 atom stereocenters. The lowest BCUT2D eigenvalue weighted by Crippen LogP contribution is -2.39. The van der Waals surface area contributed by atoms with Crippen molar-refractivity contribution in [3.8, 4) is 11.3 Å². The summed E-state index contributed by atoms with van der Waals surface area (Å²) in [5.74, 6) is 0.718. The van der Waals surface area contributed by atoms with Gasteiger partial charge in [0.15, 0.2) is 0 Å². The lowest BCUT2D eigenvalue weighted by atomic mass is 9.84. The number of carbonyl (C=O) groups is 1. The van der Waals surface area contributed by atoms with E-state index in [1.54, 1.807) is 11.8 Å². The highest BCUT2D eigenvalue weighted by atomic mass is 32.2. The first-order valence-electron chi connectivity index (χ1n) is 11.0. The first-order chi connectivity index (χ1) is 14.7. The number of pyridine rings is 1. The fourth-order valence-electron chi connectivity index (χ4n) is 4.67. The van der Waals surface area contributed by atoms with Crippen molar-refractivity contribution in [3.63, 3.8) is 0 Å². The molecule has 0 bridgehead atoms. The van der Waals surface area contributed by atoms with Crippen molar-refractivity contribution < 1.29 is 4.79 Å². The van der Waals surface area contributed by atoms with Gasteiger partial charge < -0.3 is 5.32 Å². The Morgan fingerprint density at radius 2 is 1.77 bits per heavy atom. The Bertz CT molecular complexity index is 1010. The molecule has 4 rings (SSSR count). The summed E-state index contributed by atoms with van der Waals surface area (Å²) in [6.45, 7) is 2.17. The molecule has 1 aliphatic carbocycles. The summed E-state index contributed by atoms with van der Waals surface area (Å²) in [4.78, 5) is 19.1. The number of nitrogens with zero attached hydrogens (tertiary/aromatic N) is 1. The summed E-state index contributed by atoms with van der Waals surface area (Å²) >= 11 is 1.68. The summed E-state index contributed by atoms with van der Waals surface area (Å²) in [5.41, 5.74) is 4.08. The number of hydrogen-bond donors (Lipinski definition) is 1. The van der Waals surface area contributed by atoms with Crippen LogP contribution < -0.4 is 5.32 Å². The summed E-state index contributed by atoms with van der Waals surface area (Å²) in [6.07, 6.45) is 8.83. The molecule has 3 nitrogen and oxygen atoms in total.